The fourth-order valence-electron chi connectivity index (χ4n) is 1.73. The summed E-state index contributed by atoms with van der Waals surface area (Å²) in [5.41, 5.74) is 0.411. The lowest BCUT2D eigenvalue weighted by molar-refractivity contribution is -0.118. The van der Waals surface area contributed by atoms with E-state index < -0.39 is 30.8 Å². The first-order chi connectivity index (χ1) is 8.50. The van der Waals surface area contributed by atoms with Gasteiger partial charge in [-0.3, -0.25) is 10.1 Å². The van der Waals surface area contributed by atoms with Crippen molar-refractivity contribution in [1.29, 1.82) is 0 Å². The van der Waals surface area contributed by atoms with Crippen molar-refractivity contribution < 1.29 is 13.6 Å². The van der Waals surface area contributed by atoms with Crippen LogP contribution in [0.5, 0.6) is 0 Å². The number of carbonyl (C=O) groups excluding carboxylic acids is 1. The molecule has 0 spiro atoms. The van der Waals surface area contributed by atoms with Crippen molar-refractivity contribution in [3.63, 3.8) is 0 Å². The largest absolute Gasteiger partial charge is 0.322 e. The van der Waals surface area contributed by atoms with E-state index in [1.807, 2.05) is 6.92 Å². The van der Waals surface area contributed by atoms with Gasteiger partial charge >= 0.3 is 0 Å². The molecule has 1 fully saturated rings. The Balaban J connectivity index is 0.00000180. The van der Waals surface area contributed by atoms with Crippen LogP contribution in [0, 0.1) is 0 Å². The van der Waals surface area contributed by atoms with Crippen molar-refractivity contribution in [2.45, 2.75) is 31.7 Å². The number of aromatic nitrogens is 2. The second-order valence-corrected chi connectivity index (χ2v) is 4.22. The summed E-state index contributed by atoms with van der Waals surface area (Å²) >= 11 is 0. The molecule has 0 aliphatic carbocycles. The molecule has 1 aromatic heterocycles. The monoisotopic (exact) mass is 292 g/mol. The Kier molecular flexibility index (Phi) is 5.13. The molecule has 0 saturated carbocycles. The first-order valence-electron chi connectivity index (χ1n) is 5.73. The minimum atomic E-state index is -2.81. The highest BCUT2D eigenvalue weighted by Gasteiger charge is 2.42. The Labute approximate surface area is 115 Å². The summed E-state index contributed by atoms with van der Waals surface area (Å²) in [4.78, 5) is 19.7. The summed E-state index contributed by atoms with van der Waals surface area (Å²) in [5, 5.41) is 5.00. The second-order valence-electron chi connectivity index (χ2n) is 4.22. The van der Waals surface area contributed by atoms with E-state index in [-0.39, 0.29) is 12.4 Å². The number of nitrogens with zero attached hydrogens (tertiary/aromatic N) is 2. The molecule has 2 N–H and O–H groups in total. The summed E-state index contributed by atoms with van der Waals surface area (Å²) in [6, 6.07) is -0.870. The molecule has 0 radical (unpaired) electrons. The van der Waals surface area contributed by atoms with Crippen LogP contribution < -0.4 is 10.6 Å². The smallest absolute Gasteiger partial charge is 0.262 e. The summed E-state index contributed by atoms with van der Waals surface area (Å²) in [5.74, 6) is -2.64. The second kappa shape index (κ2) is 6.21. The van der Waals surface area contributed by atoms with Crippen LogP contribution in [0.3, 0.4) is 0 Å². The topological polar surface area (TPSA) is 66.9 Å². The summed E-state index contributed by atoms with van der Waals surface area (Å²) in [6.45, 7) is 1.45. The fraction of sp³-hybridized carbons (Fsp3) is 0.545. The fourth-order valence-corrected chi connectivity index (χ4v) is 1.73. The number of rotatable bonds is 3. The van der Waals surface area contributed by atoms with Gasteiger partial charge in [-0.25, -0.2) is 18.7 Å². The Bertz CT molecular complexity index is 441. The summed E-state index contributed by atoms with van der Waals surface area (Å²) < 4.78 is 25.9. The van der Waals surface area contributed by atoms with Gasteiger partial charge in [-0.15, -0.1) is 12.4 Å². The standard InChI is InChI=1S/C11H14F2N4O.ClH/c1-2-9-14-4-7(5-15-9)17-10(18)8-3-11(12,13)6-16-8;/h4-5,8,16H,2-3,6H2,1H3,(H,17,18);1H. The average Bonchev–Trinajstić information content (AvgIpc) is 2.71. The zero-order chi connectivity index (χ0) is 13.2. The third-order valence-electron chi connectivity index (χ3n) is 2.72. The molecule has 1 amide bonds. The molecule has 1 atom stereocenters. The minimum absolute atomic E-state index is 0. The first-order valence-corrected chi connectivity index (χ1v) is 5.73. The van der Waals surface area contributed by atoms with E-state index in [2.05, 4.69) is 20.6 Å². The number of amides is 1. The van der Waals surface area contributed by atoms with Crippen molar-refractivity contribution in [2.75, 3.05) is 11.9 Å². The van der Waals surface area contributed by atoms with Gasteiger partial charge in [0.1, 0.15) is 5.82 Å². The lowest BCUT2D eigenvalue weighted by Crippen LogP contribution is -2.35. The van der Waals surface area contributed by atoms with E-state index in [1.54, 1.807) is 0 Å². The molecular formula is C11H15ClF2N4O. The molecule has 2 heterocycles. The van der Waals surface area contributed by atoms with E-state index >= 15 is 0 Å². The van der Waals surface area contributed by atoms with Crippen molar-refractivity contribution in [3.05, 3.63) is 18.2 Å². The molecule has 2 rings (SSSR count). The molecule has 1 aromatic rings. The van der Waals surface area contributed by atoms with Crippen LogP contribution in [0.25, 0.3) is 0 Å². The van der Waals surface area contributed by atoms with E-state index in [1.165, 1.54) is 12.4 Å². The lowest BCUT2D eigenvalue weighted by Gasteiger charge is -2.10. The number of alkyl halides is 2. The molecule has 1 saturated heterocycles. The number of nitrogens with one attached hydrogen (secondary N) is 2. The average molecular weight is 293 g/mol. The SMILES string of the molecule is CCc1ncc(NC(=O)C2CC(F)(F)CN2)cn1.Cl. The van der Waals surface area contributed by atoms with Gasteiger partial charge in [0.2, 0.25) is 5.91 Å². The number of anilines is 1. The van der Waals surface area contributed by atoms with E-state index in [0.717, 1.165) is 0 Å². The van der Waals surface area contributed by atoms with Crippen LogP contribution in [0.4, 0.5) is 14.5 Å². The predicted octanol–water partition coefficient (Wildman–Crippen LogP) is 1.40. The molecule has 106 valence electrons. The van der Waals surface area contributed by atoms with Gasteiger partial charge in [-0.1, -0.05) is 6.92 Å². The van der Waals surface area contributed by atoms with Gasteiger partial charge < -0.3 is 5.32 Å². The Morgan fingerprint density at radius 1 is 1.53 bits per heavy atom. The molecule has 5 nitrogen and oxygen atoms in total. The Morgan fingerprint density at radius 2 is 2.16 bits per heavy atom. The van der Waals surface area contributed by atoms with Crippen molar-refractivity contribution in [2.24, 2.45) is 0 Å². The number of carbonyl (C=O) groups is 1. The van der Waals surface area contributed by atoms with Gasteiger partial charge in [-0.2, -0.15) is 0 Å². The van der Waals surface area contributed by atoms with Gasteiger partial charge in [0.15, 0.2) is 0 Å². The number of halogens is 3. The normalized spacial score (nSPS) is 20.7. The predicted molar refractivity (Wildman–Crippen MR) is 68.6 cm³/mol. The quantitative estimate of drug-likeness (QED) is 0.884. The van der Waals surface area contributed by atoms with Crippen LogP contribution >= 0.6 is 12.4 Å². The molecule has 8 heteroatoms. The maximum Gasteiger partial charge on any atom is 0.262 e. The third-order valence-corrected chi connectivity index (χ3v) is 2.72. The molecular weight excluding hydrogens is 278 g/mol. The maximum absolute atomic E-state index is 12.9. The third kappa shape index (κ3) is 4.07. The Morgan fingerprint density at radius 3 is 2.63 bits per heavy atom. The van der Waals surface area contributed by atoms with Gasteiger partial charge in [0.05, 0.1) is 30.7 Å². The summed E-state index contributed by atoms with van der Waals surface area (Å²) in [6.07, 6.45) is 3.16. The minimum Gasteiger partial charge on any atom is -0.322 e. The van der Waals surface area contributed by atoms with Gasteiger partial charge in [0.25, 0.3) is 5.92 Å². The molecule has 0 bridgehead atoms. The highest BCUT2D eigenvalue weighted by molar-refractivity contribution is 5.94. The van der Waals surface area contributed by atoms with Crippen LogP contribution in [0.15, 0.2) is 12.4 Å². The highest BCUT2D eigenvalue weighted by atomic mass is 35.5. The van der Waals surface area contributed by atoms with Crippen LogP contribution in [0.2, 0.25) is 0 Å². The Hall–Kier alpha value is -1.34. The molecule has 1 aliphatic rings. The lowest BCUT2D eigenvalue weighted by atomic mass is 10.2. The molecule has 1 aliphatic heterocycles. The number of hydrogen-bond donors (Lipinski definition) is 2. The molecule has 1 unspecified atom stereocenters. The number of aryl methyl sites for hydroxylation is 1. The molecule has 19 heavy (non-hydrogen) atoms. The van der Waals surface area contributed by atoms with E-state index in [0.29, 0.717) is 17.9 Å². The van der Waals surface area contributed by atoms with Crippen molar-refractivity contribution in [1.82, 2.24) is 15.3 Å². The zero-order valence-electron chi connectivity index (χ0n) is 10.3. The highest BCUT2D eigenvalue weighted by Crippen LogP contribution is 2.25. The van der Waals surface area contributed by atoms with Gasteiger partial charge in [0, 0.05) is 12.8 Å². The summed E-state index contributed by atoms with van der Waals surface area (Å²) in [7, 11) is 0. The van der Waals surface area contributed by atoms with Crippen molar-refractivity contribution >= 4 is 24.0 Å². The van der Waals surface area contributed by atoms with Gasteiger partial charge in [-0.05, 0) is 0 Å². The molecule has 0 aromatic carbocycles. The van der Waals surface area contributed by atoms with E-state index in [4.69, 9.17) is 0 Å². The first kappa shape index (κ1) is 15.7. The van der Waals surface area contributed by atoms with E-state index in [9.17, 15) is 13.6 Å². The zero-order valence-corrected chi connectivity index (χ0v) is 11.1. The number of hydrogen-bond acceptors (Lipinski definition) is 4. The van der Waals surface area contributed by atoms with Crippen LogP contribution in [0.1, 0.15) is 19.2 Å². The van der Waals surface area contributed by atoms with Crippen LogP contribution in [-0.2, 0) is 11.2 Å². The maximum atomic E-state index is 12.9. The van der Waals surface area contributed by atoms with Crippen molar-refractivity contribution in [3.8, 4) is 0 Å². The van der Waals surface area contributed by atoms with Crippen LogP contribution in [-0.4, -0.2) is 34.4 Å².